The van der Waals surface area contributed by atoms with Crippen molar-refractivity contribution in [2.45, 2.75) is 37.7 Å². The molecule has 1 N–H and O–H groups in total. The van der Waals surface area contributed by atoms with Gasteiger partial charge in [-0.3, -0.25) is 4.79 Å². The van der Waals surface area contributed by atoms with Crippen LogP contribution in [0.3, 0.4) is 0 Å². The van der Waals surface area contributed by atoms with Crippen LogP contribution in [-0.4, -0.2) is 36.2 Å². The van der Waals surface area contributed by atoms with Gasteiger partial charge in [-0.1, -0.05) is 0 Å². The molecular weight excluding hydrogens is 234 g/mol. The third-order valence-corrected chi connectivity index (χ3v) is 5.58. The third-order valence-electron chi connectivity index (χ3n) is 4.60. The van der Waals surface area contributed by atoms with E-state index in [1.54, 1.807) is 0 Å². The molecule has 0 radical (unpaired) electrons. The molecule has 3 saturated heterocycles. The van der Waals surface area contributed by atoms with Gasteiger partial charge in [0.05, 0.1) is 5.60 Å². The highest BCUT2D eigenvalue weighted by atomic mass is 32.2. The first-order valence-electron chi connectivity index (χ1n) is 6.79. The van der Waals surface area contributed by atoms with Gasteiger partial charge in [-0.25, -0.2) is 0 Å². The molecule has 0 saturated carbocycles. The average Bonchev–Trinajstić information content (AvgIpc) is 2.77. The molecule has 2 atom stereocenters. The van der Waals surface area contributed by atoms with Gasteiger partial charge in [-0.2, -0.15) is 11.8 Å². The zero-order valence-electron chi connectivity index (χ0n) is 10.2. The van der Waals surface area contributed by atoms with Gasteiger partial charge in [-0.05, 0) is 49.5 Å². The van der Waals surface area contributed by atoms with Crippen LogP contribution in [0.2, 0.25) is 0 Å². The quantitative estimate of drug-likeness (QED) is 0.776. The second-order valence-corrected chi connectivity index (χ2v) is 6.81. The minimum atomic E-state index is 0.122. The van der Waals surface area contributed by atoms with Gasteiger partial charge in [-0.15, -0.1) is 0 Å². The topological polar surface area (TPSA) is 38.3 Å². The van der Waals surface area contributed by atoms with E-state index in [9.17, 15) is 4.79 Å². The molecular formula is C13H21NO2S. The maximum absolute atomic E-state index is 11.8. The summed E-state index contributed by atoms with van der Waals surface area (Å²) in [6, 6.07) is 0. The SMILES string of the molecule is O=C1NCCC1C1CCOC2(CCSCC2)C1. The first kappa shape index (κ1) is 11.8. The van der Waals surface area contributed by atoms with Crippen molar-refractivity contribution in [2.24, 2.45) is 11.8 Å². The Hall–Kier alpha value is -0.220. The molecule has 0 aliphatic carbocycles. The number of thioether (sulfide) groups is 1. The summed E-state index contributed by atoms with van der Waals surface area (Å²) in [6.45, 7) is 1.74. The van der Waals surface area contributed by atoms with E-state index < -0.39 is 0 Å². The Morgan fingerprint density at radius 2 is 2.12 bits per heavy atom. The summed E-state index contributed by atoms with van der Waals surface area (Å²) in [5.74, 6) is 3.57. The molecule has 3 rings (SSSR count). The second kappa shape index (κ2) is 4.81. The predicted octanol–water partition coefficient (Wildman–Crippen LogP) is 1.81. The van der Waals surface area contributed by atoms with E-state index in [1.807, 2.05) is 11.8 Å². The molecule has 0 aromatic rings. The number of hydrogen-bond acceptors (Lipinski definition) is 3. The number of amides is 1. The standard InChI is InChI=1S/C13H21NO2S/c15-12-11(1-5-14-12)10-2-6-16-13(9-10)3-7-17-8-4-13/h10-11H,1-9H2,(H,14,15). The summed E-state index contributed by atoms with van der Waals surface area (Å²) in [5, 5.41) is 2.97. The molecule has 3 heterocycles. The van der Waals surface area contributed by atoms with E-state index in [0.29, 0.717) is 5.92 Å². The minimum absolute atomic E-state index is 0.122. The number of nitrogens with one attached hydrogen (secondary N) is 1. The molecule has 1 amide bonds. The second-order valence-electron chi connectivity index (χ2n) is 5.58. The van der Waals surface area contributed by atoms with Gasteiger partial charge in [0.1, 0.15) is 0 Å². The minimum Gasteiger partial charge on any atom is -0.375 e. The number of hydrogen-bond donors (Lipinski definition) is 1. The van der Waals surface area contributed by atoms with Crippen LogP contribution in [0.25, 0.3) is 0 Å². The van der Waals surface area contributed by atoms with Crippen molar-refractivity contribution in [1.82, 2.24) is 5.32 Å². The Kier molecular flexibility index (Phi) is 3.35. The zero-order valence-corrected chi connectivity index (χ0v) is 11.1. The summed E-state index contributed by atoms with van der Waals surface area (Å²) in [4.78, 5) is 11.8. The van der Waals surface area contributed by atoms with Crippen molar-refractivity contribution >= 4 is 17.7 Å². The highest BCUT2D eigenvalue weighted by Gasteiger charge is 2.43. The summed E-state index contributed by atoms with van der Waals surface area (Å²) >= 11 is 2.04. The van der Waals surface area contributed by atoms with Gasteiger partial charge in [0.25, 0.3) is 0 Å². The number of carbonyl (C=O) groups excluding carboxylic acids is 1. The first-order chi connectivity index (χ1) is 8.29. The Labute approximate surface area is 107 Å². The van der Waals surface area contributed by atoms with Crippen molar-refractivity contribution < 1.29 is 9.53 Å². The van der Waals surface area contributed by atoms with Crippen LogP contribution in [0.1, 0.15) is 32.1 Å². The molecule has 3 nitrogen and oxygen atoms in total. The van der Waals surface area contributed by atoms with Crippen LogP contribution in [0.4, 0.5) is 0 Å². The van der Waals surface area contributed by atoms with Crippen molar-refractivity contribution in [1.29, 1.82) is 0 Å². The van der Waals surface area contributed by atoms with Crippen LogP contribution >= 0.6 is 11.8 Å². The van der Waals surface area contributed by atoms with Gasteiger partial charge in [0, 0.05) is 19.1 Å². The lowest BCUT2D eigenvalue weighted by molar-refractivity contribution is -0.132. The van der Waals surface area contributed by atoms with E-state index in [0.717, 1.165) is 32.4 Å². The highest BCUT2D eigenvalue weighted by molar-refractivity contribution is 7.99. The molecule has 2 unspecified atom stereocenters. The number of rotatable bonds is 1. The molecule has 3 aliphatic rings. The lowest BCUT2D eigenvalue weighted by Gasteiger charge is -2.44. The molecule has 0 bridgehead atoms. The molecule has 0 aromatic carbocycles. The maximum Gasteiger partial charge on any atom is 0.223 e. The van der Waals surface area contributed by atoms with Gasteiger partial charge in [0.2, 0.25) is 5.91 Å². The molecule has 17 heavy (non-hydrogen) atoms. The highest BCUT2D eigenvalue weighted by Crippen LogP contribution is 2.43. The monoisotopic (exact) mass is 255 g/mol. The largest absolute Gasteiger partial charge is 0.375 e. The molecule has 0 aromatic heterocycles. The molecule has 4 heteroatoms. The Balaban J connectivity index is 1.68. The lowest BCUT2D eigenvalue weighted by atomic mass is 9.75. The molecule has 96 valence electrons. The Bertz CT molecular complexity index is 296. The summed E-state index contributed by atoms with van der Waals surface area (Å²) in [5.41, 5.74) is 0.122. The van der Waals surface area contributed by atoms with Gasteiger partial charge >= 0.3 is 0 Å². The van der Waals surface area contributed by atoms with Crippen molar-refractivity contribution in [2.75, 3.05) is 24.7 Å². The van der Waals surface area contributed by atoms with Crippen LogP contribution < -0.4 is 5.32 Å². The van der Waals surface area contributed by atoms with Crippen LogP contribution in [0, 0.1) is 11.8 Å². The van der Waals surface area contributed by atoms with Gasteiger partial charge in [0.15, 0.2) is 0 Å². The molecule has 3 fully saturated rings. The van der Waals surface area contributed by atoms with Crippen LogP contribution in [-0.2, 0) is 9.53 Å². The van der Waals surface area contributed by atoms with E-state index >= 15 is 0 Å². The fourth-order valence-corrected chi connectivity index (χ4v) is 4.80. The smallest absolute Gasteiger partial charge is 0.223 e. The average molecular weight is 255 g/mol. The molecule has 3 aliphatic heterocycles. The summed E-state index contributed by atoms with van der Waals surface area (Å²) < 4.78 is 6.09. The van der Waals surface area contributed by atoms with Crippen molar-refractivity contribution in [3.05, 3.63) is 0 Å². The van der Waals surface area contributed by atoms with Gasteiger partial charge < -0.3 is 10.1 Å². The summed E-state index contributed by atoms with van der Waals surface area (Å²) in [6.07, 6.45) is 5.60. The van der Waals surface area contributed by atoms with Crippen molar-refractivity contribution in [3.63, 3.8) is 0 Å². The number of ether oxygens (including phenoxy) is 1. The van der Waals surface area contributed by atoms with E-state index in [1.165, 1.54) is 24.3 Å². The van der Waals surface area contributed by atoms with Crippen LogP contribution in [0.15, 0.2) is 0 Å². The summed E-state index contributed by atoms with van der Waals surface area (Å²) in [7, 11) is 0. The maximum atomic E-state index is 11.8. The normalized spacial score (nSPS) is 37.1. The van der Waals surface area contributed by atoms with Crippen molar-refractivity contribution in [3.8, 4) is 0 Å². The lowest BCUT2D eigenvalue weighted by Crippen LogP contribution is -2.45. The van der Waals surface area contributed by atoms with E-state index in [4.69, 9.17) is 4.74 Å². The first-order valence-corrected chi connectivity index (χ1v) is 7.94. The Morgan fingerprint density at radius 1 is 1.29 bits per heavy atom. The number of carbonyl (C=O) groups is 1. The van der Waals surface area contributed by atoms with Crippen LogP contribution in [0.5, 0.6) is 0 Å². The predicted molar refractivity (Wildman–Crippen MR) is 69.1 cm³/mol. The fraction of sp³-hybridized carbons (Fsp3) is 0.923. The van der Waals surface area contributed by atoms with E-state index in [-0.39, 0.29) is 17.4 Å². The third kappa shape index (κ3) is 2.34. The zero-order chi connectivity index (χ0) is 11.7. The fourth-order valence-electron chi connectivity index (χ4n) is 3.56. The van der Waals surface area contributed by atoms with E-state index in [2.05, 4.69) is 5.32 Å². The molecule has 1 spiro atoms. The Morgan fingerprint density at radius 3 is 2.82 bits per heavy atom.